The van der Waals surface area contributed by atoms with Gasteiger partial charge in [-0.15, -0.1) is 0 Å². The molecule has 30 heavy (non-hydrogen) atoms. The number of piperazine rings is 1. The van der Waals surface area contributed by atoms with Crippen LogP contribution in [0.3, 0.4) is 0 Å². The van der Waals surface area contributed by atoms with Crippen molar-refractivity contribution in [3.63, 3.8) is 0 Å². The lowest BCUT2D eigenvalue weighted by atomic mass is 9.84. The van der Waals surface area contributed by atoms with E-state index in [-0.39, 0.29) is 5.91 Å². The summed E-state index contributed by atoms with van der Waals surface area (Å²) >= 11 is 0. The third-order valence-corrected chi connectivity index (χ3v) is 6.62. The number of carbonyl (C=O) groups is 1. The van der Waals surface area contributed by atoms with E-state index in [1.165, 1.54) is 25.8 Å². The molecule has 0 atom stereocenters. The number of fused-ring (bicyclic) bond motifs is 1. The molecule has 0 aromatic carbocycles. The lowest BCUT2D eigenvalue weighted by molar-refractivity contribution is -0.122. The summed E-state index contributed by atoms with van der Waals surface area (Å²) in [5, 5.41) is 4.28. The minimum absolute atomic E-state index is 0.123. The average molecular weight is 415 g/mol. The Morgan fingerprint density at radius 1 is 1.20 bits per heavy atom. The van der Waals surface area contributed by atoms with Crippen LogP contribution < -0.4 is 10.2 Å². The van der Waals surface area contributed by atoms with Crippen molar-refractivity contribution in [2.24, 2.45) is 5.92 Å². The number of methoxy groups -OCH3 is 1. The van der Waals surface area contributed by atoms with Gasteiger partial charge >= 0.3 is 0 Å². The highest BCUT2D eigenvalue weighted by atomic mass is 16.5. The summed E-state index contributed by atoms with van der Waals surface area (Å²) in [6.07, 6.45) is 10.00. The van der Waals surface area contributed by atoms with Crippen molar-refractivity contribution in [1.29, 1.82) is 0 Å². The number of nitrogens with zero attached hydrogens (tertiary/aromatic N) is 3. The van der Waals surface area contributed by atoms with Crippen molar-refractivity contribution in [2.45, 2.75) is 44.6 Å². The van der Waals surface area contributed by atoms with Crippen LogP contribution in [0.25, 0.3) is 11.0 Å². The number of aromatic nitrogens is 1. The standard InChI is InChI=1S/C23H34N4O3/c1-29-16-9-21(28)25-20-4-2-18(3-5-20)7-11-26-12-14-27(15-13-26)23-22-19(6-10-24-23)8-17-30-22/h6,8,10,17-18,20H,2-5,7,9,11-16H2,1H3,(H,25,28). The molecule has 2 aromatic rings. The van der Waals surface area contributed by atoms with Crippen molar-refractivity contribution in [3.8, 4) is 0 Å². The highest BCUT2D eigenvalue weighted by molar-refractivity contribution is 5.87. The molecule has 2 fully saturated rings. The molecule has 1 aliphatic heterocycles. The van der Waals surface area contributed by atoms with Gasteiger partial charge in [0, 0.05) is 57.3 Å². The SMILES string of the molecule is COCCC(=O)NC1CCC(CCN2CCN(c3nccc4ccoc34)CC2)CC1. The molecule has 0 unspecified atom stereocenters. The maximum atomic E-state index is 11.9. The summed E-state index contributed by atoms with van der Waals surface area (Å²) in [7, 11) is 1.63. The number of hydrogen-bond acceptors (Lipinski definition) is 6. The van der Waals surface area contributed by atoms with Crippen LogP contribution in [-0.2, 0) is 9.53 Å². The number of hydrogen-bond donors (Lipinski definition) is 1. The fourth-order valence-corrected chi connectivity index (χ4v) is 4.74. The average Bonchev–Trinajstić information content (AvgIpc) is 3.27. The maximum Gasteiger partial charge on any atom is 0.222 e. The van der Waals surface area contributed by atoms with Crippen LogP contribution in [0.1, 0.15) is 38.5 Å². The molecule has 3 heterocycles. The molecule has 0 spiro atoms. The number of pyridine rings is 1. The van der Waals surface area contributed by atoms with E-state index >= 15 is 0 Å². The van der Waals surface area contributed by atoms with Gasteiger partial charge in [-0.3, -0.25) is 9.69 Å². The van der Waals surface area contributed by atoms with Gasteiger partial charge in [-0.2, -0.15) is 0 Å². The Hall–Kier alpha value is -2.12. The Labute approximate surface area is 178 Å². The number of amides is 1. The summed E-state index contributed by atoms with van der Waals surface area (Å²) in [6, 6.07) is 4.35. The molecule has 4 rings (SSSR count). The largest absolute Gasteiger partial charge is 0.460 e. The summed E-state index contributed by atoms with van der Waals surface area (Å²) in [5.41, 5.74) is 0.900. The molecule has 2 aromatic heterocycles. The molecule has 0 radical (unpaired) electrons. The van der Waals surface area contributed by atoms with Gasteiger partial charge in [0.25, 0.3) is 0 Å². The van der Waals surface area contributed by atoms with Crippen LogP contribution in [-0.4, -0.2) is 68.3 Å². The number of ether oxygens (including phenoxy) is 1. The van der Waals surface area contributed by atoms with Gasteiger partial charge in [0.2, 0.25) is 5.91 Å². The molecule has 1 saturated heterocycles. The van der Waals surface area contributed by atoms with Crippen molar-refractivity contribution < 1.29 is 13.9 Å². The smallest absolute Gasteiger partial charge is 0.222 e. The molecule has 164 valence electrons. The molecular formula is C23H34N4O3. The highest BCUT2D eigenvalue weighted by Gasteiger charge is 2.24. The second-order valence-corrected chi connectivity index (χ2v) is 8.62. The Balaban J connectivity index is 1.15. The van der Waals surface area contributed by atoms with Crippen molar-refractivity contribution in [3.05, 3.63) is 24.6 Å². The predicted molar refractivity (Wildman–Crippen MR) is 118 cm³/mol. The van der Waals surface area contributed by atoms with Gasteiger partial charge < -0.3 is 19.4 Å². The zero-order valence-electron chi connectivity index (χ0n) is 18.0. The first-order valence-corrected chi connectivity index (χ1v) is 11.3. The van der Waals surface area contributed by atoms with E-state index in [1.54, 1.807) is 13.4 Å². The number of furan rings is 1. The monoisotopic (exact) mass is 414 g/mol. The first-order valence-electron chi connectivity index (χ1n) is 11.3. The number of carbonyl (C=O) groups excluding carboxylic acids is 1. The zero-order chi connectivity index (χ0) is 20.8. The van der Waals surface area contributed by atoms with Crippen LogP contribution in [0.2, 0.25) is 0 Å². The van der Waals surface area contributed by atoms with Gasteiger partial charge in [0.05, 0.1) is 12.9 Å². The maximum absolute atomic E-state index is 11.9. The van der Waals surface area contributed by atoms with Crippen molar-refractivity contribution in [2.75, 3.05) is 51.3 Å². The molecule has 1 saturated carbocycles. The lowest BCUT2D eigenvalue weighted by Gasteiger charge is -2.36. The Bertz CT molecular complexity index is 808. The van der Waals surface area contributed by atoms with E-state index in [2.05, 4.69) is 20.1 Å². The van der Waals surface area contributed by atoms with Crippen LogP contribution in [0.15, 0.2) is 29.0 Å². The summed E-state index contributed by atoms with van der Waals surface area (Å²) in [6.45, 7) is 5.80. The van der Waals surface area contributed by atoms with Crippen LogP contribution in [0, 0.1) is 5.92 Å². The second-order valence-electron chi connectivity index (χ2n) is 8.62. The third-order valence-electron chi connectivity index (χ3n) is 6.62. The van der Waals surface area contributed by atoms with Gasteiger partial charge in [-0.05, 0) is 56.7 Å². The van der Waals surface area contributed by atoms with Crippen molar-refractivity contribution >= 4 is 22.7 Å². The number of nitrogens with one attached hydrogen (secondary N) is 1. The zero-order valence-corrected chi connectivity index (χ0v) is 18.0. The Morgan fingerprint density at radius 2 is 2.00 bits per heavy atom. The van der Waals surface area contributed by atoms with E-state index in [1.807, 2.05) is 18.3 Å². The topological polar surface area (TPSA) is 70.8 Å². The van der Waals surface area contributed by atoms with E-state index in [0.717, 1.165) is 61.7 Å². The predicted octanol–water partition coefficient (Wildman–Crippen LogP) is 3.05. The molecule has 2 aliphatic rings. The van der Waals surface area contributed by atoms with Gasteiger partial charge in [0.15, 0.2) is 11.4 Å². The quantitative estimate of drug-likeness (QED) is 0.716. The van der Waals surface area contributed by atoms with E-state index in [4.69, 9.17) is 9.15 Å². The van der Waals surface area contributed by atoms with Gasteiger partial charge in [-0.25, -0.2) is 4.98 Å². The molecule has 7 nitrogen and oxygen atoms in total. The van der Waals surface area contributed by atoms with Crippen LogP contribution in [0.5, 0.6) is 0 Å². The van der Waals surface area contributed by atoms with E-state index in [0.29, 0.717) is 19.1 Å². The molecule has 7 heteroatoms. The summed E-state index contributed by atoms with van der Waals surface area (Å²) in [4.78, 5) is 21.4. The molecular weight excluding hydrogens is 380 g/mol. The van der Waals surface area contributed by atoms with E-state index < -0.39 is 0 Å². The first-order chi connectivity index (χ1) is 14.7. The van der Waals surface area contributed by atoms with Crippen LogP contribution >= 0.6 is 0 Å². The lowest BCUT2D eigenvalue weighted by Crippen LogP contribution is -2.47. The fraction of sp³-hybridized carbons (Fsp3) is 0.652. The minimum Gasteiger partial charge on any atom is -0.460 e. The molecule has 1 amide bonds. The number of anilines is 1. The first kappa shape index (κ1) is 21.1. The number of rotatable bonds is 8. The van der Waals surface area contributed by atoms with E-state index in [9.17, 15) is 4.79 Å². The normalized spacial score (nSPS) is 23.0. The highest BCUT2D eigenvalue weighted by Crippen LogP contribution is 2.28. The second kappa shape index (κ2) is 10.3. The fourth-order valence-electron chi connectivity index (χ4n) is 4.74. The summed E-state index contributed by atoms with van der Waals surface area (Å²) < 4.78 is 10.6. The minimum atomic E-state index is 0.123. The molecule has 0 bridgehead atoms. The Morgan fingerprint density at radius 3 is 2.77 bits per heavy atom. The van der Waals surface area contributed by atoms with Gasteiger partial charge in [0.1, 0.15) is 0 Å². The third kappa shape index (κ3) is 5.32. The van der Waals surface area contributed by atoms with Gasteiger partial charge in [-0.1, -0.05) is 0 Å². The summed E-state index contributed by atoms with van der Waals surface area (Å²) in [5.74, 6) is 1.88. The molecule has 1 N–H and O–H groups in total. The van der Waals surface area contributed by atoms with Crippen LogP contribution in [0.4, 0.5) is 5.82 Å². The molecule has 1 aliphatic carbocycles. The Kier molecular flexibility index (Phi) is 7.23. The van der Waals surface area contributed by atoms with Crippen molar-refractivity contribution in [1.82, 2.24) is 15.2 Å².